The summed E-state index contributed by atoms with van der Waals surface area (Å²) in [6.45, 7) is 3.37. The van der Waals surface area contributed by atoms with Crippen LogP contribution in [0.2, 0.25) is 0 Å². The summed E-state index contributed by atoms with van der Waals surface area (Å²) in [6.07, 6.45) is -1.76. The van der Waals surface area contributed by atoms with Crippen LogP contribution in [0.1, 0.15) is 43.7 Å². The molecule has 1 amide bonds. The van der Waals surface area contributed by atoms with E-state index in [1.165, 1.54) is 28.6 Å². The SMILES string of the molecule is CCN(C1(C(=O)NCc2cc(-c3ccc(C(F)(F)F)cc3)nc(N3CCCC3)c2)CC1)S(=O)(=O)c1ccc(F)cc1. The van der Waals surface area contributed by atoms with Crippen LogP contribution in [0, 0.1) is 5.82 Å². The maximum absolute atomic E-state index is 13.5. The molecule has 2 heterocycles. The second kappa shape index (κ2) is 11.1. The Kier molecular flexibility index (Phi) is 7.82. The van der Waals surface area contributed by atoms with Gasteiger partial charge < -0.3 is 10.2 Å². The lowest BCUT2D eigenvalue weighted by atomic mass is 10.1. The third-order valence-electron chi connectivity index (χ3n) is 7.58. The van der Waals surface area contributed by atoms with Crippen molar-refractivity contribution in [2.24, 2.45) is 0 Å². The number of carbonyl (C=O) groups excluding carboxylic acids is 1. The topological polar surface area (TPSA) is 82.6 Å². The molecule has 1 aliphatic carbocycles. The molecular weight excluding hydrogens is 560 g/mol. The first-order valence-corrected chi connectivity index (χ1v) is 14.9. The molecule has 2 aromatic carbocycles. The van der Waals surface area contributed by atoms with Gasteiger partial charge in [-0.2, -0.15) is 17.5 Å². The Morgan fingerprint density at radius 2 is 1.66 bits per heavy atom. The average molecular weight is 591 g/mol. The summed E-state index contributed by atoms with van der Waals surface area (Å²) in [7, 11) is -4.06. The fraction of sp³-hybridized carbons (Fsp3) is 0.379. The van der Waals surface area contributed by atoms with Crippen molar-refractivity contribution in [3.05, 3.63) is 77.6 Å². The maximum atomic E-state index is 13.5. The molecule has 2 fully saturated rings. The Labute approximate surface area is 236 Å². The molecule has 41 heavy (non-hydrogen) atoms. The van der Waals surface area contributed by atoms with E-state index >= 15 is 0 Å². The number of pyridine rings is 1. The molecule has 0 spiro atoms. The van der Waals surface area contributed by atoms with Gasteiger partial charge in [0.25, 0.3) is 0 Å². The second-order valence-corrected chi connectivity index (χ2v) is 12.2. The minimum Gasteiger partial charge on any atom is -0.357 e. The van der Waals surface area contributed by atoms with Gasteiger partial charge in [0.2, 0.25) is 15.9 Å². The van der Waals surface area contributed by atoms with Gasteiger partial charge in [-0.3, -0.25) is 4.79 Å². The van der Waals surface area contributed by atoms with Gasteiger partial charge in [0, 0.05) is 31.7 Å². The van der Waals surface area contributed by atoms with Crippen LogP contribution in [0.5, 0.6) is 0 Å². The summed E-state index contributed by atoms with van der Waals surface area (Å²) in [5, 5.41) is 2.87. The number of anilines is 1. The number of likely N-dealkylation sites (N-methyl/N-ethyl adjacent to an activating group) is 1. The van der Waals surface area contributed by atoms with Crippen molar-refractivity contribution in [1.82, 2.24) is 14.6 Å². The molecule has 7 nitrogen and oxygen atoms in total. The number of alkyl halides is 3. The summed E-state index contributed by atoms with van der Waals surface area (Å²) < 4.78 is 80.5. The van der Waals surface area contributed by atoms with Crippen molar-refractivity contribution in [3.63, 3.8) is 0 Å². The third-order valence-corrected chi connectivity index (χ3v) is 9.63. The van der Waals surface area contributed by atoms with Crippen LogP contribution in [-0.4, -0.2) is 48.8 Å². The van der Waals surface area contributed by atoms with Gasteiger partial charge in [-0.25, -0.2) is 17.8 Å². The molecule has 218 valence electrons. The molecule has 0 unspecified atom stereocenters. The van der Waals surface area contributed by atoms with Crippen molar-refractivity contribution >= 4 is 21.7 Å². The van der Waals surface area contributed by atoms with Crippen molar-refractivity contribution < 1.29 is 30.8 Å². The molecule has 1 saturated heterocycles. The van der Waals surface area contributed by atoms with Crippen LogP contribution >= 0.6 is 0 Å². The normalized spacial score (nSPS) is 16.7. The highest BCUT2D eigenvalue weighted by molar-refractivity contribution is 7.89. The Morgan fingerprint density at radius 1 is 1.02 bits per heavy atom. The van der Waals surface area contributed by atoms with E-state index in [4.69, 9.17) is 4.98 Å². The monoisotopic (exact) mass is 590 g/mol. The Balaban J connectivity index is 1.38. The van der Waals surface area contributed by atoms with Gasteiger partial charge >= 0.3 is 6.18 Å². The molecule has 0 bridgehead atoms. The Hall–Kier alpha value is -3.51. The first-order chi connectivity index (χ1) is 19.4. The van der Waals surface area contributed by atoms with Gasteiger partial charge in [-0.05, 0) is 79.8 Å². The molecule has 1 saturated carbocycles. The number of carbonyl (C=O) groups is 1. The largest absolute Gasteiger partial charge is 0.416 e. The van der Waals surface area contributed by atoms with Crippen LogP contribution in [0.3, 0.4) is 0 Å². The lowest BCUT2D eigenvalue weighted by Gasteiger charge is -2.29. The average Bonchev–Trinajstić information content (AvgIpc) is 3.54. The minimum atomic E-state index is -4.45. The molecule has 0 radical (unpaired) electrons. The van der Waals surface area contributed by atoms with E-state index in [9.17, 15) is 30.8 Å². The number of sulfonamides is 1. The van der Waals surface area contributed by atoms with Gasteiger partial charge in [0.05, 0.1) is 16.2 Å². The number of hydrogen-bond donors (Lipinski definition) is 1. The van der Waals surface area contributed by atoms with Crippen LogP contribution in [0.4, 0.5) is 23.4 Å². The summed E-state index contributed by atoms with van der Waals surface area (Å²) in [4.78, 5) is 20.1. The van der Waals surface area contributed by atoms with E-state index in [1.807, 2.05) is 6.07 Å². The van der Waals surface area contributed by atoms with Crippen molar-refractivity contribution in [3.8, 4) is 11.3 Å². The van der Waals surface area contributed by atoms with Crippen LogP contribution in [-0.2, 0) is 27.5 Å². The Bertz CT molecular complexity index is 1520. The predicted molar refractivity (Wildman–Crippen MR) is 146 cm³/mol. The molecule has 1 aliphatic heterocycles. The number of nitrogens with one attached hydrogen (secondary N) is 1. The molecule has 1 N–H and O–H groups in total. The zero-order valence-electron chi connectivity index (χ0n) is 22.4. The number of nitrogens with zero attached hydrogens (tertiary/aromatic N) is 3. The molecular formula is C29H30F4N4O3S. The molecule has 2 aliphatic rings. The van der Waals surface area contributed by atoms with Gasteiger partial charge in [-0.1, -0.05) is 19.1 Å². The number of rotatable bonds is 9. The van der Waals surface area contributed by atoms with E-state index in [-0.39, 0.29) is 18.0 Å². The van der Waals surface area contributed by atoms with Crippen LogP contribution in [0.15, 0.2) is 65.6 Å². The zero-order valence-corrected chi connectivity index (χ0v) is 23.2. The maximum Gasteiger partial charge on any atom is 0.416 e. The fourth-order valence-corrected chi connectivity index (χ4v) is 7.05. The molecule has 12 heteroatoms. The quantitative estimate of drug-likeness (QED) is 0.339. The summed E-state index contributed by atoms with van der Waals surface area (Å²) in [6, 6.07) is 12.8. The van der Waals surface area contributed by atoms with Gasteiger partial charge in [0.15, 0.2) is 0 Å². The van der Waals surface area contributed by atoms with Gasteiger partial charge in [-0.15, -0.1) is 0 Å². The molecule has 5 rings (SSSR count). The number of aromatic nitrogens is 1. The first kappa shape index (κ1) is 29.0. The van der Waals surface area contributed by atoms with E-state index in [0.29, 0.717) is 35.5 Å². The zero-order chi connectivity index (χ0) is 29.4. The summed E-state index contributed by atoms with van der Waals surface area (Å²) in [5.41, 5.74) is -0.334. The van der Waals surface area contributed by atoms with E-state index < -0.39 is 39.0 Å². The highest BCUT2D eigenvalue weighted by Crippen LogP contribution is 2.45. The number of benzene rings is 2. The summed E-state index contributed by atoms with van der Waals surface area (Å²) >= 11 is 0. The lowest BCUT2D eigenvalue weighted by molar-refractivity contribution is -0.137. The van der Waals surface area contributed by atoms with Crippen molar-refractivity contribution in [2.75, 3.05) is 24.5 Å². The minimum absolute atomic E-state index is 0.0551. The number of hydrogen-bond acceptors (Lipinski definition) is 5. The number of amides is 1. The number of halogens is 4. The third kappa shape index (κ3) is 5.94. The molecule has 1 aromatic heterocycles. The standard InChI is InChI=1S/C29H30F4N4O3S/c1-2-37(41(39,40)24-11-9-23(30)10-12-24)28(13-14-28)27(38)34-19-20-17-25(35-26(18-20)36-15-3-4-16-36)21-5-7-22(8-6-21)29(31,32)33/h5-12,17-18H,2-4,13-16,19H2,1H3,(H,34,38). The first-order valence-electron chi connectivity index (χ1n) is 13.4. The fourth-order valence-electron chi connectivity index (χ4n) is 5.25. The Morgan fingerprint density at radius 3 is 2.22 bits per heavy atom. The highest BCUT2D eigenvalue weighted by atomic mass is 32.2. The van der Waals surface area contributed by atoms with E-state index in [2.05, 4.69) is 10.2 Å². The van der Waals surface area contributed by atoms with Crippen molar-refractivity contribution in [1.29, 1.82) is 0 Å². The van der Waals surface area contributed by atoms with Crippen molar-refractivity contribution in [2.45, 2.75) is 55.8 Å². The highest BCUT2D eigenvalue weighted by Gasteiger charge is 2.58. The van der Waals surface area contributed by atoms with Crippen LogP contribution in [0.25, 0.3) is 11.3 Å². The molecule has 0 atom stereocenters. The molecule has 3 aromatic rings. The smallest absolute Gasteiger partial charge is 0.357 e. The lowest BCUT2D eigenvalue weighted by Crippen LogP contribution is -2.51. The summed E-state index contributed by atoms with van der Waals surface area (Å²) in [5.74, 6) is -0.341. The van der Waals surface area contributed by atoms with Crippen LogP contribution < -0.4 is 10.2 Å². The van der Waals surface area contributed by atoms with E-state index in [1.54, 1.807) is 13.0 Å². The van der Waals surface area contributed by atoms with Gasteiger partial charge in [0.1, 0.15) is 17.2 Å². The second-order valence-electron chi connectivity index (χ2n) is 10.3. The predicted octanol–water partition coefficient (Wildman–Crippen LogP) is 5.37. The van der Waals surface area contributed by atoms with E-state index in [0.717, 1.165) is 50.2 Å².